The molecule has 96 valence electrons. The quantitative estimate of drug-likeness (QED) is 0.692. The number of hydrogen-bond donors (Lipinski definition) is 2. The van der Waals surface area contributed by atoms with Crippen LogP contribution in [0.3, 0.4) is 0 Å². The van der Waals surface area contributed by atoms with Gasteiger partial charge in [0, 0.05) is 25.7 Å². The molecule has 1 rings (SSSR count). The summed E-state index contributed by atoms with van der Waals surface area (Å²) < 4.78 is 0. The van der Waals surface area contributed by atoms with Gasteiger partial charge in [-0.2, -0.15) is 0 Å². The molecule has 1 fully saturated rings. The monoisotopic (exact) mass is 228 g/mol. The fourth-order valence-electron chi connectivity index (χ4n) is 2.83. The Morgan fingerprint density at radius 2 is 2.12 bits per heavy atom. The largest absolute Gasteiger partial charge is 0.396 e. The smallest absolute Gasteiger partial charge is 0.0431 e. The van der Waals surface area contributed by atoms with Crippen LogP contribution >= 0.6 is 0 Å². The Labute approximate surface area is 100 Å². The first-order chi connectivity index (χ1) is 7.80. The Balaban J connectivity index is 2.38. The van der Waals surface area contributed by atoms with E-state index in [1.165, 1.54) is 38.9 Å². The number of nitrogens with zero attached hydrogens (tertiary/aromatic N) is 1. The molecular formula is C13H28N2O. The molecule has 3 nitrogen and oxygen atoms in total. The Hall–Kier alpha value is -0.120. The summed E-state index contributed by atoms with van der Waals surface area (Å²) in [4.78, 5) is 2.58. The fourth-order valence-corrected chi connectivity index (χ4v) is 2.83. The molecule has 2 N–H and O–H groups in total. The normalized spacial score (nSPS) is 27.2. The number of likely N-dealkylation sites (tertiary alicyclic amines) is 1. The summed E-state index contributed by atoms with van der Waals surface area (Å²) in [5, 5.41) is 12.5. The van der Waals surface area contributed by atoms with Crippen molar-refractivity contribution in [1.82, 2.24) is 10.2 Å². The average molecular weight is 228 g/mol. The maximum Gasteiger partial charge on any atom is 0.0431 e. The number of hydrogen-bond acceptors (Lipinski definition) is 3. The van der Waals surface area contributed by atoms with Crippen LogP contribution in [0.2, 0.25) is 0 Å². The van der Waals surface area contributed by atoms with Crippen molar-refractivity contribution in [2.75, 3.05) is 32.8 Å². The van der Waals surface area contributed by atoms with Gasteiger partial charge in [-0.05, 0) is 44.7 Å². The Kier molecular flexibility index (Phi) is 7.01. The number of piperidine rings is 1. The van der Waals surface area contributed by atoms with E-state index in [0.29, 0.717) is 12.6 Å². The van der Waals surface area contributed by atoms with Crippen LogP contribution in [0.15, 0.2) is 0 Å². The SMILES string of the molecule is CCCN1CC(CCCO)CC(NCC)C1. The molecular weight excluding hydrogens is 200 g/mol. The average Bonchev–Trinajstić information content (AvgIpc) is 2.27. The minimum atomic E-state index is 0.343. The van der Waals surface area contributed by atoms with Crippen molar-refractivity contribution in [2.24, 2.45) is 5.92 Å². The molecule has 0 spiro atoms. The molecule has 0 amide bonds. The van der Waals surface area contributed by atoms with Crippen LogP contribution in [-0.2, 0) is 0 Å². The zero-order chi connectivity index (χ0) is 11.8. The van der Waals surface area contributed by atoms with Gasteiger partial charge in [0.25, 0.3) is 0 Å². The van der Waals surface area contributed by atoms with Crippen molar-refractivity contribution >= 4 is 0 Å². The second-order valence-electron chi connectivity index (χ2n) is 4.98. The second kappa shape index (κ2) is 8.04. The van der Waals surface area contributed by atoms with Gasteiger partial charge in [-0.1, -0.05) is 13.8 Å². The molecule has 0 aromatic rings. The second-order valence-corrected chi connectivity index (χ2v) is 4.98. The number of aliphatic hydroxyl groups is 1. The lowest BCUT2D eigenvalue weighted by Gasteiger charge is -2.38. The van der Waals surface area contributed by atoms with Crippen LogP contribution in [0.25, 0.3) is 0 Å². The van der Waals surface area contributed by atoms with E-state index in [2.05, 4.69) is 24.1 Å². The van der Waals surface area contributed by atoms with Gasteiger partial charge in [0.15, 0.2) is 0 Å². The van der Waals surface area contributed by atoms with E-state index in [-0.39, 0.29) is 0 Å². The highest BCUT2D eigenvalue weighted by atomic mass is 16.2. The molecule has 0 aromatic heterocycles. The molecule has 1 aliphatic heterocycles. The number of likely N-dealkylation sites (N-methyl/N-ethyl adjacent to an activating group) is 1. The maximum absolute atomic E-state index is 8.91. The van der Waals surface area contributed by atoms with Crippen LogP contribution in [0.4, 0.5) is 0 Å². The third-order valence-corrected chi connectivity index (χ3v) is 3.42. The van der Waals surface area contributed by atoms with Crippen LogP contribution in [0.5, 0.6) is 0 Å². The van der Waals surface area contributed by atoms with E-state index in [9.17, 15) is 0 Å². The molecule has 0 bridgehead atoms. The van der Waals surface area contributed by atoms with Crippen LogP contribution in [0, 0.1) is 5.92 Å². The predicted octanol–water partition coefficient (Wildman–Crippen LogP) is 1.47. The summed E-state index contributed by atoms with van der Waals surface area (Å²) in [6.45, 7) is 9.50. The van der Waals surface area contributed by atoms with Gasteiger partial charge in [-0.15, -0.1) is 0 Å². The molecule has 3 heteroatoms. The highest BCUT2D eigenvalue weighted by Gasteiger charge is 2.25. The van der Waals surface area contributed by atoms with Crippen molar-refractivity contribution in [2.45, 2.75) is 45.6 Å². The van der Waals surface area contributed by atoms with E-state index in [1.54, 1.807) is 0 Å². The summed E-state index contributed by atoms with van der Waals surface area (Å²) >= 11 is 0. The van der Waals surface area contributed by atoms with E-state index in [1.807, 2.05) is 0 Å². The van der Waals surface area contributed by atoms with E-state index < -0.39 is 0 Å². The zero-order valence-electron chi connectivity index (χ0n) is 10.9. The molecule has 0 aliphatic carbocycles. The third kappa shape index (κ3) is 4.81. The Morgan fingerprint density at radius 3 is 2.75 bits per heavy atom. The summed E-state index contributed by atoms with van der Waals surface area (Å²) in [6.07, 6.45) is 4.67. The molecule has 1 heterocycles. The van der Waals surface area contributed by atoms with Crippen molar-refractivity contribution in [1.29, 1.82) is 0 Å². The molecule has 0 aromatic carbocycles. The number of rotatable bonds is 7. The molecule has 1 aliphatic rings. The van der Waals surface area contributed by atoms with Crippen LogP contribution in [-0.4, -0.2) is 48.8 Å². The van der Waals surface area contributed by atoms with Crippen LogP contribution < -0.4 is 5.32 Å². The van der Waals surface area contributed by atoms with Gasteiger partial charge < -0.3 is 15.3 Å². The fraction of sp³-hybridized carbons (Fsp3) is 1.00. The Bertz CT molecular complexity index is 161. The predicted molar refractivity (Wildman–Crippen MR) is 68.6 cm³/mol. The van der Waals surface area contributed by atoms with Crippen molar-refractivity contribution < 1.29 is 5.11 Å². The molecule has 0 radical (unpaired) electrons. The lowest BCUT2D eigenvalue weighted by Crippen LogP contribution is -2.49. The highest BCUT2D eigenvalue weighted by molar-refractivity contribution is 4.83. The van der Waals surface area contributed by atoms with Gasteiger partial charge >= 0.3 is 0 Å². The summed E-state index contributed by atoms with van der Waals surface area (Å²) in [5.74, 6) is 0.775. The standard InChI is InChI=1S/C13H28N2O/c1-3-7-15-10-12(6-5-8-16)9-13(11-15)14-4-2/h12-14,16H,3-11H2,1-2H3. The molecule has 16 heavy (non-hydrogen) atoms. The van der Waals surface area contributed by atoms with Crippen molar-refractivity contribution in [3.8, 4) is 0 Å². The molecule has 2 unspecified atom stereocenters. The molecule has 2 atom stereocenters. The lowest BCUT2D eigenvalue weighted by atomic mass is 9.90. The minimum absolute atomic E-state index is 0.343. The van der Waals surface area contributed by atoms with Crippen molar-refractivity contribution in [3.63, 3.8) is 0 Å². The zero-order valence-corrected chi connectivity index (χ0v) is 10.9. The maximum atomic E-state index is 8.91. The Morgan fingerprint density at radius 1 is 1.31 bits per heavy atom. The number of nitrogens with one attached hydrogen (secondary N) is 1. The first-order valence-electron chi connectivity index (χ1n) is 6.86. The minimum Gasteiger partial charge on any atom is -0.396 e. The van der Waals surface area contributed by atoms with Gasteiger partial charge in [-0.25, -0.2) is 0 Å². The topological polar surface area (TPSA) is 35.5 Å². The summed E-state index contributed by atoms with van der Waals surface area (Å²) in [7, 11) is 0. The van der Waals surface area contributed by atoms with Gasteiger partial charge in [0.2, 0.25) is 0 Å². The third-order valence-electron chi connectivity index (χ3n) is 3.42. The summed E-state index contributed by atoms with van der Waals surface area (Å²) in [6, 6.07) is 0.661. The highest BCUT2D eigenvalue weighted by Crippen LogP contribution is 2.21. The lowest BCUT2D eigenvalue weighted by molar-refractivity contribution is 0.130. The summed E-state index contributed by atoms with van der Waals surface area (Å²) in [5.41, 5.74) is 0. The van der Waals surface area contributed by atoms with E-state index in [0.717, 1.165) is 18.9 Å². The van der Waals surface area contributed by atoms with E-state index >= 15 is 0 Å². The van der Waals surface area contributed by atoms with Gasteiger partial charge in [0.05, 0.1) is 0 Å². The first kappa shape index (κ1) is 13.9. The number of aliphatic hydroxyl groups excluding tert-OH is 1. The van der Waals surface area contributed by atoms with Crippen LogP contribution in [0.1, 0.15) is 39.5 Å². The first-order valence-corrected chi connectivity index (χ1v) is 6.86. The molecule has 1 saturated heterocycles. The molecule has 0 saturated carbocycles. The van der Waals surface area contributed by atoms with Gasteiger partial charge in [-0.3, -0.25) is 0 Å². The van der Waals surface area contributed by atoms with E-state index in [4.69, 9.17) is 5.11 Å². The van der Waals surface area contributed by atoms with Crippen molar-refractivity contribution in [3.05, 3.63) is 0 Å². The van der Waals surface area contributed by atoms with Gasteiger partial charge in [0.1, 0.15) is 0 Å².